The summed E-state index contributed by atoms with van der Waals surface area (Å²) in [6.45, 7) is 1.01. The molecule has 0 atom stereocenters. The average Bonchev–Trinajstić information content (AvgIpc) is 2.42. The summed E-state index contributed by atoms with van der Waals surface area (Å²) in [4.78, 5) is 15.7. The molecule has 1 aromatic heterocycles. The summed E-state index contributed by atoms with van der Waals surface area (Å²) in [6.07, 6.45) is 0. The van der Waals surface area contributed by atoms with E-state index in [1.165, 1.54) is 12.1 Å². The molecule has 16 heavy (non-hydrogen) atoms. The van der Waals surface area contributed by atoms with Crippen molar-refractivity contribution < 1.29 is 9.18 Å². The largest absolute Gasteiger partial charge is 0.369 e. The number of amides is 1. The van der Waals surface area contributed by atoms with Crippen LogP contribution >= 0.6 is 0 Å². The van der Waals surface area contributed by atoms with Gasteiger partial charge in [-0.1, -0.05) is 0 Å². The molecule has 0 unspecified atom stereocenters. The van der Waals surface area contributed by atoms with Crippen LogP contribution in [0, 0.1) is 5.82 Å². The predicted molar refractivity (Wildman–Crippen MR) is 56.4 cm³/mol. The number of anilines is 1. The highest BCUT2D eigenvalue weighted by atomic mass is 19.1. The van der Waals surface area contributed by atoms with Crippen molar-refractivity contribution in [2.75, 3.05) is 12.3 Å². The van der Waals surface area contributed by atoms with Gasteiger partial charge >= 0.3 is 0 Å². The minimum absolute atomic E-state index is 0.289. The molecule has 82 valence electrons. The molecule has 1 amide bonds. The van der Waals surface area contributed by atoms with Crippen molar-refractivity contribution in [1.82, 2.24) is 14.9 Å². The molecule has 0 bridgehead atoms. The molecule has 2 aromatic rings. The van der Waals surface area contributed by atoms with E-state index in [9.17, 15) is 9.18 Å². The summed E-state index contributed by atoms with van der Waals surface area (Å²) in [7, 11) is 0. The van der Waals surface area contributed by atoms with Gasteiger partial charge in [-0.3, -0.25) is 4.79 Å². The zero-order valence-corrected chi connectivity index (χ0v) is 8.33. The molecular formula is C10H9FN4O. The van der Waals surface area contributed by atoms with Gasteiger partial charge in [0.05, 0.1) is 16.6 Å². The number of halogens is 1. The Morgan fingerprint density at radius 3 is 3.12 bits per heavy atom. The van der Waals surface area contributed by atoms with E-state index in [0.29, 0.717) is 30.1 Å². The minimum Gasteiger partial charge on any atom is -0.369 e. The van der Waals surface area contributed by atoms with E-state index in [0.717, 1.165) is 0 Å². The van der Waals surface area contributed by atoms with E-state index in [-0.39, 0.29) is 11.5 Å². The number of benzene rings is 1. The first-order chi connectivity index (χ1) is 7.66. The Bertz CT molecular complexity index is 604. The molecule has 0 radical (unpaired) electrons. The number of nitrogens with one attached hydrogen (secondary N) is 1. The van der Waals surface area contributed by atoms with E-state index in [4.69, 9.17) is 5.73 Å². The van der Waals surface area contributed by atoms with Gasteiger partial charge in [-0.05, 0) is 6.07 Å². The van der Waals surface area contributed by atoms with E-state index in [1.54, 1.807) is 4.57 Å². The number of nitrogen functional groups attached to an aromatic ring is 1. The summed E-state index contributed by atoms with van der Waals surface area (Å²) >= 11 is 0. The van der Waals surface area contributed by atoms with Crippen molar-refractivity contribution in [3.8, 4) is 0 Å². The fraction of sp³-hybridized carbons (Fsp3) is 0.200. The third-order valence-corrected chi connectivity index (χ3v) is 2.70. The zero-order chi connectivity index (χ0) is 11.3. The smallest absolute Gasteiger partial charge is 0.253 e. The molecule has 5 nitrogen and oxygen atoms in total. The van der Waals surface area contributed by atoms with Gasteiger partial charge in [-0.2, -0.15) is 0 Å². The summed E-state index contributed by atoms with van der Waals surface area (Å²) in [5, 5.41) is 2.68. The van der Waals surface area contributed by atoms with E-state index in [1.807, 2.05) is 0 Å². The maximum atomic E-state index is 13.3. The molecule has 0 aliphatic carbocycles. The van der Waals surface area contributed by atoms with Crippen molar-refractivity contribution in [2.24, 2.45) is 0 Å². The summed E-state index contributed by atoms with van der Waals surface area (Å²) in [5.41, 5.74) is 7.04. The van der Waals surface area contributed by atoms with Gasteiger partial charge in [0.25, 0.3) is 5.91 Å². The third kappa shape index (κ3) is 1.09. The SMILES string of the molecule is Nc1nc2cc(F)cc3c2n1CCNC3=O. The normalized spacial score (nSPS) is 14.9. The lowest BCUT2D eigenvalue weighted by Crippen LogP contribution is -2.24. The Kier molecular flexibility index (Phi) is 1.68. The quantitative estimate of drug-likeness (QED) is 0.679. The molecule has 0 spiro atoms. The summed E-state index contributed by atoms with van der Waals surface area (Å²) in [6, 6.07) is 2.49. The third-order valence-electron chi connectivity index (χ3n) is 2.70. The number of hydrogen-bond donors (Lipinski definition) is 2. The molecule has 6 heteroatoms. The van der Waals surface area contributed by atoms with Gasteiger partial charge in [0.1, 0.15) is 5.82 Å². The fourth-order valence-corrected chi connectivity index (χ4v) is 2.03. The number of nitrogens with two attached hydrogens (primary N) is 1. The lowest BCUT2D eigenvalue weighted by molar-refractivity contribution is 0.0956. The second-order valence-electron chi connectivity index (χ2n) is 3.70. The van der Waals surface area contributed by atoms with E-state index in [2.05, 4.69) is 10.3 Å². The minimum atomic E-state index is -0.482. The van der Waals surface area contributed by atoms with E-state index < -0.39 is 5.82 Å². The van der Waals surface area contributed by atoms with Crippen molar-refractivity contribution in [3.63, 3.8) is 0 Å². The van der Waals surface area contributed by atoms with Crippen LogP contribution in [0.15, 0.2) is 12.1 Å². The Balaban J connectivity index is 2.47. The van der Waals surface area contributed by atoms with Crippen molar-refractivity contribution in [2.45, 2.75) is 6.54 Å². The highest BCUT2D eigenvalue weighted by Gasteiger charge is 2.21. The molecule has 1 aliphatic rings. The van der Waals surface area contributed by atoms with Crippen LogP contribution in [0.2, 0.25) is 0 Å². The van der Waals surface area contributed by atoms with Crippen LogP contribution in [0.25, 0.3) is 11.0 Å². The van der Waals surface area contributed by atoms with Crippen molar-refractivity contribution in [1.29, 1.82) is 0 Å². The van der Waals surface area contributed by atoms with Crippen LogP contribution in [-0.4, -0.2) is 22.0 Å². The highest BCUT2D eigenvalue weighted by molar-refractivity contribution is 6.06. The molecule has 3 N–H and O–H groups in total. The number of imidazole rings is 1. The van der Waals surface area contributed by atoms with Crippen LogP contribution in [0.5, 0.6) is 0 Å². The average molecular weight is 220 g/mol. The maximum Gasteiger partial charge on any atom is 0.253 e. The molecule has 1 aliphatic heterocycles. The van der Waals surface area contributed by atoms with Crippen LogP contribution in [0.1, 0.15) is 10.4 Å². The van der Waals surface area contributed by atoms with Gasteiger partial charge in [0.2, 0.25) is 5.95 Å². The Morgan fingerprint density at radius 2 is 2.31 bits per heavy atom. The van der Waals surface area contributed by atoms with Gasteiger partial charge in [0.15, 0.2) is 0 Å². The van der Waals surface area contributed by atoms with Gasteiger partial charge in [-0.15, -0.1) is 0 Å². The number of rotatable bonds is 0. The first kappa shape index (κ1) is 9.14. The van der Waals surface area contributed by atoms with Gasteiger partial charge < -0.3 is 15.6 Å². The maximum absolute atomic E-state index is 13.3. The number of carbonyl (C=O) groups is 1. The fourth-order valence-electron chi connectivity index (χ4n) is 2.03. The number of carbonyl (C=O) groups excluding carboxylic acids is 1. The van der Waals surface area contributed by atoms with E-state index >= 15 is 0 Å². The molecule has 3 rings (SSSR count). The lowest BCUT2D eigenvalue weighted by Gasteiger charge is -2.02. The van der Waals surface area contributed by atoms with Crippen LogP contribution in [0.4, 0.5) is 10.3 Å². The van der Waals surface area contributed by atoms with Crippen molar-refractivity contribution >= 4 is 22.9 Å². The van der Waals surface area contributed by atoms with Crippen LogP contribution in [0.3, 0.4) is 0 Å². The van der Waals surface area contributed by atoms with Gasteiger partial charge in [-0.25, -0.2) is 9.37 Å². The van der Waals surface area contributed by atoms with Crippen molar-refractivity contribution in [3.05, 3.63) is 23.5 Å². The second kappa shape index (κ2) is 2.94. The molecule has 0 saturated carbocycles. The highest BCUT2D eigenvalue weighted by Crippen LogP contribution is 2.24. The van der Waals surface area contributed by atoms with Crippen LogP contribution < -0.4 is 11.1 Å². The molecule has 0 fully saturated rings. The monoisotopic (exact) mass is 220 g/mol. The topological polar surface area (TPSA) is 72.9 Å². The number of aromatic nitrogens is 2. The summed E-state index contributed by atoms with van der Waals surface area (Å²) in [5.74, 6) is -0.467. The molecular weight excluding hydrogens is 211 g/mol. The Hall–Kier alpha value is -2.11. The zero-order valence-electron chi connectivity index (χ0n) is 8.33. The Labute approximate surface area is 90.1 Å². The molecule has 0 saturated heterocycles. The number of hydrogen-bond acceptors (Lipinski definition) is 3. The Morgan fingerprint density at radius 1 is 1.50 bits per heavy atom. The molecule has 1 aromatic carbocycles. The number of nitrogens with zero attached hydrogens (tertiary/aromatic N) is 2. The van der Waals surface area contributed by atoms with Gasteiger partial charge in [0, 0.05) is 19.2 Å². The standard InChI is InChI=1S/C10H9FN4O/c11-5-3-6-8-7(4-5)14-10(12)15(8)2-1-13-9(6)16/h3-4H,1-2H2,(H2,12,14)(H,13,16). The first-order valence-corrected chi connectivity index (χ1v) is 4.90. The first-order valence-electron chi connectivity index (χ1n) is 4.90. The second-order valence-corrected chi connectivity index (χ2v) is 3.70. The summed E-state index contributed by atoms with van der Waals surface area (Å²) < 4.78 is 15.0. The lowest BCUT2D eigenvalue weighted by atomic mass is 10.1. The molecule has 2 heterocycles. The predicted octanol–water partition coefficient (Wildman–Crippen LogP) is 0.501. The van der Waals surface area contributed by atoms with Crippen LogP contribution in [-0.2, 0) is 6.54 Å².